The molecule has 0 saturated carbocycles. The molecule has 0 aliphatic heterocycles. The Bertz CT molecular complexity index is 350. The molecule has 0 fully saturated rings. The Morgan fingerprint density at radius 2 is 1.74 bits per heavy atom. The van der Waals surface area contributed by atoms with Crippen molar-refractivity contribution in [3.8, 4) is 5.75 Å². The third-order valence-electron chi connectivity index (χ3n) is 3.47. The van der Waals surface area contributed by atoms with Gasteiger partial charge in [-0.05, 0) is 36.0 Å². The number of hydrogen-bond acceptors (Lipinski definition) is 1. The summed E-state index contributed by atoms with van der Waals surface area (Å²) < 4.78 is 5.77. The number of rotatable bonds is 9. The van der Waals surface area contributed by atoms with E-state index in [9.17, 15) is 0 Å². The maximum Gasteiger partial charge on any atom is 0.119 e. The Labute approximate surface area is 118 Å². The molecule has 1 aromatic carbocycles. The molecule has 1 atom stereocenters. The molecule has 1 rings (SSSR count). The number of ether oxygens (including phenoxy) is 1. The van der Waals surface area contributed by atoms with E-state index in [0.717, 1.165) is 36.2 Å². The van der Waals surface area contributed by atoms with Crippen molar-refractivity contribution in [1.82, 2.24) is 0 Å². The van der Waals surface area contributed by atoms with Gasteiger partial charge in [-0.3, -0.25) is 0 Å². The zero-order valence-corrected chi connectivity index (χ0v) is 12.7. The van der Waals surface area contributed by atoms with Gasteiger partial charge in [0.25, 0.3) is 0 Å². The number of hydrogen-bond donors (Lipinski definition) is 0. The molecule has 1 heteroatoms. The Balaban J connectivity index is 2.16. The average molecular weight is 260 g/mol. The summed E-state index contributed by atoms with van der Waals surface area (Å²) in [4.78, 5) is 0. The third-order valence-corrected chi connectivity index (χ3v) is 3.47. The second-order valence-electron chi connectivity index (χ2n) is 5.84. The predicted molar refractivity (Wildman–Crippen MR) is 84.5 cm³/mol. The quantitative estimate of drug-likeness (QED) is 0.564. The van der Waals surface area contributed by atoms with Gasteiger partial charge in [-0.15, -0.1) is 0 Å². The first-order chi connectivity index (χ1) is 9.11. The normalized spacial score (nSPS) is 12.4. The molecule has 1 aromatic rings. The molecule has 0 heterocycles. The minimum absolute atomic E-state index is 0.756. The first kappa shape index (κ1) is 15.8. The largest absolute Gasteiger partial charge is 0.494 e. The van der Waals surface area contributed by atoms with E-state index in [1.165, 1.54) is 19.3 Å². The standard InChI is InChI=1S/C18H28O/c1-5-17-9-11-18(12-10-17)19-14-13-16(4)8-6-7-15(2)3/h5,9-12,15-16H,1,6-8,13-14H2,2-4H3. The van der Waals surface area contributed by atoms with E-state index in [0.29, 0.717) is 0 Å². The first-order valence-corrected chi connectivity index (χ1v) is 7.47. The highest BCUT2D eigenvalue weighted by Gasteiger charge is 2.04. The molecule has 0 spiro atoms. The van der Waals surface area contributed by atoms with Crippen molar-refractivity contribution in [1.29, 1.82) is 0 Å². The summed E-state index contributed by atoms with van der Waals surface area (Å²) in [6.07, 6.45) is 6.99. The van der Waals surface area contributed by atoms with Crippen LogP contribution < -0.4 is 4.74 Å². The minimum Gasteiger partial charge on any atom is -0.494 e. The smallest absolute Gasteiger partial charge is 0.119 e. The van der Waals surface area contributed by atoms with Gasteiger partial charge >= 0.3 is 0 Å². The predicted octanol–water partition coefficient (Wildman–Crippen LogP) is 5.56. The van der Waals surface area contributed by atoms with Gasteiger partial charge in [0, 0.05) is 0 Å². The minimum atomic E-state index is 0.756. The lowest BCUT2D eigenvalue weighted by Gasteiger charge is -2.13. The highest BCUT2D eigenvalue weighted by atomic mass is 16.5. The van der Waals surface area contributed by atoms with Gasteiger partial charge < -0.3 is 4.74 Å². The van der Waals surface area contributed by atoms with Crippen LogP contribution in [0.25, 0.3) is 6.08 Å². The molecular weight excluding hydrogens is 232 g/mol. The Morgan fingerprint density at radius 3 is 2.32 bits per heavy atom. The molecular formula is C18H28O. The lowest BCUT2D eigenvalue weighted by molar-refractivity contribution is 0.275. The van der Waals surface area contributed by atoms with Crippen LogP contribution in [-0.2, 0) is 0 Å². The van der Waals surface area contributed by atoms with E-state index in [1.54, 1.807) is 0 Å². The van der Waals surface area contributed by atoms with Crippen molar-refractivity contribution >= 4 is 6.08 Å². The highest BCUT2D eigenvalue weighted by molar-refractivity contribution is 5.48. The molecule has 0 aromatic heterocycles. The second kappa shape index (κ2) is 8.79. The van der Waals surface area contributed by atoms with E-state index in [4.69, 9.17) is 4.74 Å². The van der Waals surface area contributed by atoms with Crippen LogP contribution in [0.5, 0.6) is 5.75 Å². The molecule has 106 valence electrons. The summed E-state index contributed by atoms with van der Waals surface area (Å²) >= 11 is 0. The summed E-state index contributed by atoms with van der Waals surface area (Å²) in [6, 6.07) is 8.10. The lowest BCUT2D eigenvalue weighted by Crippen LogP contribution is -2.04. The van der Waals surface area contributed by atoms with E-state index >= 15 is 0 Å². The SMILES string of the molecule is C=Cc1ccc(OCCC(C)CCCC(C)C)cc1. The summed E-state index contributed by atoms with van der Waals surface area (Å²) in [5.74, 6) is 2.54. The van der Waals surface area contributed by atoms with Crippen LogP contribution in [0.15, 0.2) is 30.8 Å². The van der Waals surface area contributed by atoms with Crippen molar-refractivity contribution in [3.05, 3.63) is 36.4 Å². The van der Waals surface area contributed by atoms with Crippen molar-refractivity contribution in [2.24, 2.45) is 11.8 Å². The van der Waals surface area contributed by atoms with E-state index < -0.39 is 0 Å². The summed E-state index contributed by atoms with van der Waals surface area (Å²) in [7, 11) is 0. The number of benzene rings is 1. The Morgan fingerprint density at radius 1 is 1.05 bits per heavy atom. The van der Waals surface area contributed by atoms with Crippen LogP contribution in [-0.4, -0.2) is 6.61 Å². The average Bonchev–Trinajstić information content (AvgIpc) is 2.39. The second-order valence-corrected chi connectivity index (χ2v) is 5.84. The Kier molecular flexibility index (Phi) is 7.32. The van der Waals surface area contributed by atoms with Crippen LogP contribution >= 0.6 is 0 Å². The lowest BCUT2D eigenvalue weighted by atomic mass is 9.98. The van der Waals surface area contributed by atoms with Gasteiger partial charge in [-0.1, -0.05) is 64.8 Å². The van der Waals surface area contributed by atoms with Gasteiger partial charge in [0.2, 0.25) is 0 Å². The molecule has 0 N–H and O–H groups in total. The molecule has 0 saturated heterocycles. The summed E-state index contributed by atoms with van der Waals surface area (Å²) in [5, 5.41) is 0. The van der Waals surface area contributed by atoms with Crippen LogP contribution in [0.4, 0.5) is 0 Å². The van der Waals surface area contributed by atoms with Crippen molar-refractivity contribution in [2.75, 3.05) is 6.61 Å². The third kappa shape index (κ3) is 7.05. The molecule has 1 nitrogen and oxygen atoms in total. The van der Waals surface area contributed by atoms with E-state index in [2.05, 4.69) is 27.4 Å². The fourth-order valence-corrected chi connectivity index (χ4v) is 2.10. The maximum absolute atomic E-state index is 5.77. The van der Waals surface area contributed by atoms with Gasteiger partial charge in [0.05, 0.1) is 6.61 Å². The van der Waals surface area contributed by atoms with Crippen LogP contribution in [0.3, 0.4) is 0 Å². The molecule has 1 unspecified atom stereocenters. The molecule has 0 aliphatic rings. The van der Waals surface area contributed by atoms with Crippen LogP contribution in [0, 0.1) is 11.8 Å². The van der Waals surface area contributed by atoms with Crippen LogP contribution in [0.2, 0.25) is 0 Å². The molecule has 19 heavy (non-hydrogen) atoms. The van der Waals surface area contributed by atoms with Crippen molar-refractivity contribution in [2.45, 2.75) is 46.5 Å². The summed E-state index contributed by atoms with van der Waals surface area (Å²) in [6.45, 7) is 11.5. The Hall–Kier alpha value is -1.24. The van der Waals surface area contributed by atoms with E-state index in [-0.39, 0.29) is 0 Å². The monoisotopic (exact) mass is 260 g/mol. The van der Waals surface area contributed by atoms with Crippen molar-refractivity contribution < 1.29 is 4.74 Å². The fourth-order valence-electron chi connectivity index (χ4n) is 2.10. The fraction of sp³-hybridized carbons (Fsp3) is 0.556. The molecule has 0 radical (unpaired) electrons. The molecule has 0 bridgehead atoms. The van der Waals surface area contributed by atoms with Crippen LogP contribution in [0.1, 0.15) is 52.0 Å². The van der Waals surface area contributed by atoms with Gasteiger partial charge in [0.1, 0.15) is 5.75 Å². The topological polar surface area (TPSA) is 9.23 Å². The first-order valence-electron chi connectivity index (χ1n) is 7.47. The van der Waals surface area contributed by atoms with Gasteiger partial charge in [0.15, 0.2) is 0 Å². The zero-order chi connectivity index (χ0) is 14.1. The zero-order valence-electron chi connectivity index (χ0n) is 12.7. The highest BCUT2D eigenvalue weighted by Crippen LogP contribution is 2.17. The molecule has 0 amide bonds. The van der Waals surface area contributed by atoms with Gasteiger partial charge in [-0.25, -0.2) is 0 Å². The molecule has 0 aliphatic carbocycles. The summed E-state index contributed by atoms with van der Waals surface area (Å²) in [5.41, 5.74) is 1.13. The van der Waals surface area contributed by atoms with Gasteiger partial charge in [-0.2, -0.15) is 0 Å². The van der Waals surface area contributed by atoms with Crippen molar-refractivity contribution in [3.63, 3.8) is 0 Å². The van der Waals surface area contributed by atoms with E-state index in [1.807, 2.05) is 30.3 Å². The maximum atomic E-state index is 5.77.